The van der Waals surface area contributed by atoms with Crippen molar-refractivity contribution in [1.82, 2.24) is 4.90 Å². The van der Waals surface area contributed by atoms with Gasteiger partial charge in [-0.15, -0.1) is 11.3 Å². The summed E-state index contributed by atoms with van der Waals surface area (Å²) in [5, 5.41) is 12.9. The van der Waals surface area contributed by atoms with Crippen molar-refractivity contribution in [2.75, 3.05) is 37.7 Å². The van der Waals surface area contributed by atoms with Gasteiger partial charge in [-0.05, 0) is 58.7 Å². The summed E-state index contributed by atoms with van der Waals surface area (Å²) in [5.74, 6) is 1.39. The molecule has 0 radical (unpaired) electrons. The summed E-state index contributed by atoms with van der Waals surface area (Å²) in [6.07, 6.45) is 0. The van der Waals surface area contributed by atoms with Gasteiger partial charge in [0.15, 0.2) is 6.61 Å². The van der Waals surface area contributed by atoms with E-state index in [4.69, 9.17) is 10.5 Å². The van der Waals surface area contributed by atoms with Crippen molar-refractivity contribution in [1.29, 1.82) is 0 Å². The first-order chi connectivity index (χ1) is 18.3. The van der Waals surface area contributed by atoms with Gasteiger partial charge in [-0.1, -0.05) is 47.6 Å². The SMILES string of the molecule is CC(C)(C)c1cc(OCC(=O)N2CCN(c3ccc(N=C(N)c4cccs4)cc3)CC2)cc(C(C)(C)C)c1O. The van der Waals surface area contributed by atoms with Gasteiger partial charge in [-0.3, -0.25) is 4.79 Å². The summed E-state index contributed by atoms with van der Waals surface area (Å²) >= 11 is 1.57. The van der Waals surface area contributed by atoms with E-state index < -0.39 is 0 Å². The van der Waals surface area contributed by atoms with Gasteiger partial charge in [-0.25, -0.2) is 4.99 Å². The van der Waals surface area contributed by atoms with Crippen LogP contribution < -0.4 is 15.4 Å². The summed E-state index contributed by atoms with van der Waals surface area (Å²) < 4.78 is 5.99. The number of nitrogens with two attached hydrogens (primary N) is 1. The molecule has 2 aromatic carbocycles. The maximum atomic E-state index is 13.0. The highest BCUT2D eigenvalue weighted by atomic mass is 32.1. The average Bonchev–Trinajstić information content (AvgIpc) is 3.42. The van der Waals surface area contributed by atoms with Crippen molar-refractivity contribution < 1.29 is 14.6 Å². The molecular weight excluding hydrogens is 508 g/mol. The lowest BCUT2D eigenvalue weighted by Crippen LogP contribution is -2.50. The molecule has 0 bridgehead atoms. The van der Waals surface area contributed by atoms with Crippen LogP contribution in [0.2, 0.25) is 0 Å². The number of phenolic OH excluding ortho intramolecular Hbond substituents is 1. The third-order valence-corrected chi connectivity index (χ3v) is 7.82. The van der Waals surface area contributed by atoms with E-state index in [0.717, 1.165) is 40.5 Å². The van der Waals surface area contributed by atoms with Gasteiger partial charge in [0.2, 0.25) is 0 Å². The number of hydrogen-bond donors (Lipinski definition) is 2. The van der Waals surface area contributed by atoms with Crippen molar-refractivity contribution in [3.05, 3.63) is 69.9 Å². The molecule has 0 unspecified atom stereocenters. The second-order valence-corrected chi connectivity index (χ2v) is 13.0. The minimum atomic E-state index is -0.259. The van der Waals surface area contributed by atoms with Gasteiger partial charge in [0.25, 0.3) is 5.91 Å². The Hall–Kier alpha value is -3.52. The van der Waals surface area contributed by atoms with E-state index in [0.29, 0.717) is 30.4 Å². The minimum absolute atomic E-state index is 0.0314. The zero-order valence-electron chi connectivity index (χ0n) is 23.8. The monoisotopic (exact) mass is 548 g/mol. The van der Waals surface area contributed by atoms with Gasteiger partial charge >= 0.3 is 0 Å². The molecule has 1 aliphatic rings. The number of anilines is 1. The van der Waals surface area contributed by atoms with Crippen molar-refractivity contribution in [2.24, 2.45) is 10.7 Å². The van der Waals surface area contributed by atoms with Crippen LogP contribution >= 0.6 is 11.3 Å². The highest BCUT2D eigenvalue weighted by molar-refractivity contribution is 7.12. The first-order valence-electron chi connectivity index (χ1n) is 13.3. The molecular formula is C31H40N4O3S. The fourth-order valence-electron chi connectivity index (χ4n) is 4.64. The van der Waals surface area contributed by atoms with E-state index in [-0.39, 0.29) is 23.3 Å². The van der Waals surface area contributed by atoms with Crippen molar-refractivity contribution in [3.8, 4) is 11.5 Å². The maximum absolute atomic E-state index is 13.0. The molecule has 3 aromatic rings. The number of ether oxygens (including phenoxy) is 1. The molecule has 0 aliphatic carbocycles. The van der Waals surface area contributed by atoms with E-state index in [2.05, 4.69) is 51.4 Å². The topological polar surface area (TPSA) is 91.4 Å². The fraction of sp³-hybridized carbons (Fsp3) is 0.419. The van der Waals surface area contributed by atoms with Crippen LogP contribution in [0.1, 0.15) is 57.5 Å². The van der Waals surface area contributed by atoms with Crippen LogP contribution in [0.4, 0.5) is 11.4 Å². The molecule has 7 nitrogen and oxygen atoms in total. The molecule has 0 saturated carbocycles. The average molecular weight is 549 g/mol. The van der Waals surface area contributed by atoms with Crippen LogP contribution in [-0.2, 0) is 15.6 Å². The second kappa shape index (κ2) is 11.3. The van der Waals surface area contributed by atoms with Crippen LogP contribution in [-0.4, -0.2) is 54.5 Å². The number of carbonyl (C=O) groups excluding carboxylic acids is 1. The Bertz CT molecular complexity index is 1280. The number of phenols is 1. The number of benzene rings is 2. The number of nitrogens with zero attached hydrogens (tertiary/aromatic N) is 3. The molecule has 1 aliphatic heterocycles. The zero-order chi connectivity index (χ0) is 28.4. The van der Waals surface area contributed by atoms with Crippen molar-refractivity contribution in [2.45, 2.75) is 52.4 Å². The molecule has 1 fully saturated rings. The lowest BCUT2D eigenvalue weighted by Gasteiger charge is -2.36. The molecule has 2 heterocycles. The molecule has 1 amide bonds. The normalized spacial score (nSPS) is 15.0. The van der Waals surface area contributed by atoms with Crippen molar-refractivity contribution >= 4 is 34.5 Å². The summed E-state index contributed by atoms with van der Waals surface area (Å²) in [6, 6.07) is 15.7. The van der Waals surface area contributed by atoms with Gasteiger partial charge in [-0.2, -0.15) is 0 Å². The molecule has 1 aromatic heterocycles. The summed E-state index contributed by atoms with van der Waals surface area (Å²) in [6.45, 7) is 15.1. The minimum Gasteiger partial charge on any atom is -0.507 e. The van der Waals surface area contributed by atoms with Gasteiger partial charge in [0.1, 0.15) is 17.3 Å². The van der Waals surface area contributed by atoms with Crippen LogP contribution in [0.5, 0.6) is 11.5 Å². The first kappa shape index (κ1) is 28.5. The number of aromatic hydroxyl groups is 1. The smallest absolute Gasteiger partial charge is 0.260 e. The van der Waals surface area contributed by atoms with E-state index in [1.165, 1.54) is 0 Å². The lowest BCUT2D eigenvalue weighted by atomic mass is 9.79. The molecule has 3 N–H and O–H groups in total. The van der Waals surface area contributed by atoms with E-state index in [9.17, 15) is 9.90 Å². The predicted octanol–water partition coefficient (Wildman–Crippen LogP) is 5.81. The number of rotatable bonds is 6. The lowest BCUT2D eigenvalue weighted by molar-refractivity contribution is -0.133. The van der Waals surface area contributed by atoms with Gasteiger partial charge < -0.3 is 25.4 Å². The maximum Gasteiger partial charge on any atom is 0.260 e. The standard InChI is InChI=1S/C31H40N4O3S/c1-30(2,3)24-18-23(19-25(28(24)37)31(4,5)6)38-20-27(36)35-15-13-34(14-16-35)22-11-9-21(10-12-22)33-29(32)26-8-7-17-39-26/h7-12,17-19,37H,13-16,20H2,1-6H3,(H2,32,33). The number of amides is 1. The first-order valence-corrected chi connectivity index (χ1v) is 14.2. The highest BCUT2D eigenvalue weighted by Crippen LogP contribution is 2.41. The Morgan fingerprint density at radius 1 is 0.974 bits per heavy atom. The van der Waals surface area contributed by atoms with E-state index >= 15 is 0 Å². The number of thiophene rings is 1. The Kier molecular flexibility index (Phi) is 8.25. The molecule has 208 valence electrons. The Balaban J connectivity index is 1.34. The Labute approximate surface area is 235 Å². The summed E-state index contributed by atoms with van der Waals surface area (Å²) in [7, 11) is 0. The zero-order valence-corrected chi connectivity index (χ0v) is 24.6. The number of amidine groups is 1. The summed E-state index contributed by atoms with van der Waals surface area (Å²) in [5.41, 5.74) is 9.14. The number of hydrogen-bond acceptors (Lipinski definition) is 6. The van der Waals surface area contributed by atoms with Crippen LogP contribution in [0, 0.1) is 0 Å². The van der Waals surface area contributed by atoms with Crippen molar-refractivity contribution in [3.63, 3.8) is 0 Å². The van der Waals surface area contributed by atoms with Crippen LogP contribution in [0.25, 0.3) is 0 Å². The Morgan fingerprint density at radius 3 is 2.08 bits per heavy atom. The Morgan fingerprint density at radius 2 is 1.56 bits per heavy atom. The quantitative estimate of drug-likeness (QED) is 0.300. The van der Waals surface area contributed by atoms with Crippen LogP contribution in [0.3, 0.4) is 0 Å². The third kappa shape index (κ3) is 6.92. The third-order valence-electron chi connectivity index (χ3n) is 6.93. The van der Waals surface area contributed by atoms with Gasteiger partial charge in [0.05, 0.1) is 10.6 Å². The summed E-state index contributed by atoms with van der Waals surface area (Å²) in [4.78, 5) is 22.6. The largest absolute Gasteiger partial charge is 0.507 e. The van der Waals surface area contributed by atoms with E-state index in [1.54, 1.807) is 11.3 Å². The predicted molar refractivity (Wildman–Crippen MR) is 161 cm³/mol. The molecule has 4 rings (SSSR count). The molecule has 0 atom stereocenters. The van der Waals surface area contributed by atoms with Crippen LogP contribution in [0.15, 0.2) is 58.9 Å². The highest BCUT2D eigenvalue weighted by Gasteiger charge is 2.28. The number of carbonyl (C=O) groups is 1. The fourth-order valence-corrected chi connectivity index (χ4v) is 5.27. The van der Waals surface area contributed by atoms with E-state index in [1.807, 2.05) is 58.8 Å². The molecule has 0 spiro atoms. The molecule has 8 heteroatoms. The number of aliphatic imine (C=N–C) groups is 1. The number of piperazine rings is 1. The molecule has 1 saturated heterocycles. The molecule has 39 heavy (non-hydrogen) atoms. The van der Waals surface area contributed by atoms with Gasteiger partial charge in [0, 0.05) is 43.0 Å². The second-order valence-electron chi connectivity index (χ2n) is 12.0.